The molecule has 5 nitrogen and oxygen atoms in total. The number of hydrogen-bond acceptors (Lipinski definition) is 3. The van der Waals surface area contributed by atoms with E-state index >= 15 is 0 Å². The van der Waals surface area contributed by atoms with E-state index in [0.29, 0.717) is 16.3 Å². The monoisotopic (exact) mass is 434 g/mol. The minimum Gasteiger partial charge on any atom is -0.339 e. The van der Waals surface area contributed by atoms with Gasteiger partial charge in [-0.05, 0) is 54.8 Å². The van der Waals surface area contributed by atoms with Crippen LogP contribution in [0.5, 0.6) is 0 Å². The number of benzene rings is 2. The number of anilines is 1. The van der Waals surface area contributed by atoms with E-state index in [-0.39, 0.29) is 18.5 Å². The van der Waals surface area contributed by atoms with Gasteiger partial charge in [-0.2, -0.15) is 0 Å². The zero-order chi connectivity index (χ0) is 21.0. The minimum atomic E-state index is -3.49. The van der Waals surface area contributed by atoms with E-state index in [9.17, 15) is 13.2 Å². The predicted molar refractivity (Wildman–Crippen MR) is 118 cm³/mol. The molecule has 1 amide bonds. The first kappa shape index (κ1) is 21.7. The third-order valence-electron chi connectivity index (χ3n) is 5.48. The highest BCUT2D eigenvalue weighted by atomic mass is 35.5. The highest BCUT2D eigenvalue weighted by Crippen LogP contribution is 2.25. The number of carbonyl (C=O) groups is 1. The second-order valence-corrected chi connectivity index (χ2v) is 9.99. The van der Waals surface area contributed by atoms with Gasteiger partial charge in [0.25, 0.3) is 5.91 Å². The van der Waals surface area contributed by atoms with Gasteiger partial charge in [-0.15, -0.1) is 0 Å². The first-order chi connectivity index (χ1) is 13.8. The summed E-state index contributed by atoms with van der Waals surface area (Å²) in [4.78, 5) is 14.7. The van der Waals surface area contributed by atoms with Gasteiger partial charge in [-0.25, -0.2) is 8.42 Å². The molecule has 0 unspecified atom stereocenters. The zero-order valence-electron chi connectivity index (χ0n) is 16.8. The molecule has 3 rings (SSSR count). The molecule has 29 heavy (non-hydrogen) atoms. The number of sulfonamides is 1. The number of amides is 1. The van der Waals surface area contributed by atoms with Crippen LogP contribution in [0, 0.1) is 0 Å². The summed E-state index contributed by atoms with van der Waals surface area (Å²) in [5, 5.41) is 0.601. The molecule has 0 saturated heterocycles. The van der Waals surface area contributed by atoms with Crippen molar-refractivity contribution in [3.8, 4) is 0 Å². The standard InChI is InChI=1S/C22H27ClN2O3S/c1-24(20-6-4-3-5-7-20)22(26)18-10-14-21(15-11-18)25(29(2,27)28)16-17-8-12-19(23)13-9-17/h8-15,20H,3-7,16H2,1-2H3. The molecule has 2 aromatic rings. The fraction of sp³-hybridized carbons (Fsp3) is 0.409. The van der Waals surface area contributed by atoms with Crippen LogP contribution in [0.4, 0.5) is 5.69 Å². The fourth-order valence-corrected chi connectivity index (χ4v) is 4.78. The summed E-state index contributed by atoms with van der Waals surface area (Å²) in [7, 11) is -1.63. The van der Waals surface area contributed by atoms with Crippen molar-refractivity contribution in [2.75, 3.05) is 17.6 Å². The first-order valence-electron chi connectivity index (χ1n) is 9.85. The molecule has 1 saturated carbocycles. The molecule has 1 aliphatic rings. The predicted octanol–water partition coefficient (Wildman–Crippen LogP) is 4.71. The Kier molecular flexibility index (Phi) is 6.85. The topological polar surface area (TPSA) is 57.7 Å². The fourth-order valence-electron chi connectivity index (χ4n) is 3.76. The van der Waals surface area contributed by atoms with Crippen LogP contribution in [0.1, 0.15) is 48.0 Å². The number of rotatable bonds is 6. The summed E-state index contributed by atoms with van der Waals surface area (Å²) in [6.07, 6.45) is 6.83. The Morgan fingerprint density at radius 1 is 1.00 bits per heavy atom. The van der Waals surface area contributed by atoms with Gasteiger partial charge in [0.15, 0.2) is 0 Å². The van der Waals surface area contributed by atoms with Crippen molar-refractivity contribution in [2.45, 2.75) is 44.7 Å². The average Bonchev–Trinajstić information content (AvgIpc) is 2.72. The number of halogens is 1. The largest absolute Gasteiger partial charge is 0.339 e. The molecule has 2 aromatic carbocycles. The second-order valence-electron chi connectivity index (χ2n) is 7.65. The summed E-state index contributed by atoms with van der Waals surface area (Å²) in [6, 6.07) is 14.2. The Bertz CT molecular complexity index is 937. The maximum Gasteiger partial charge on any atom is 0.253 e. The smallest absolute Gasteiger partial charge is 0.253 e. The molecule has 0 aromatic heterocycles. The van der Waals surface area contributed by atoms with Crippen LogP contribution >= 0.6 is 11.6 Å². The van der Waals surface area contributed by atoms with E-state index in [2.05, 4.69) is 0 Å². The Morgan fingerprint density at radius 2 is 1.59 bits per heavy atom. The van der Waals surface area contributed by atoms with Crippen LogP contribution in [0.2, 0.25) is 5.02 Å². The Morgan fingerprint density at radius 3 is 2.14 bits per heavy atom. The van der Waals surface area contributed by atoms with Crippen LogP contribution in [-0.4, -0.2) is 38.6 Å². The molecule has 7 heteroatoms. The van der Waals surface area contributed by atoms with E-state index in [4.69, 9.17) is 11.6 Å². The molecule has 1 aliphatic carbocycles. The van der Waals surface area contributed by atoms with Crippen molar-refractivity contribution in [1.82, 2.24) is 4.90 Å². The highest BCUT2D eigenvalue weighted by Gasteiger charge is 2.24. The number of nitrogens with zero attached hydrogens (tertiary/aromatic N) is 2. The normalized spacial score (nSPS) is 15.1. The lowest BCUT2D eigenvalue weighted by Crippen LogP contribution is -2.38. The van der Waals surface area contributed by atoms with Crippen molar-refractivity contribution in [2.24, 2.45) is 0 Å². The number of hydrogen-bond donors (Lipinski definition) is 0. The molecule has 0 bridgehead atoms. The summed E-state index contributed by atoms with van der Waals surface area (Å²) < 4.78 is 26.1. The van der Waals surface area contributed by atoms with Crippen molar-refractivity contribution in [3.05, 3.63) is 64.7 Å². The third-order valence-corrected chi connectivity index (χ3v) is 6.88. The van der Waals surface area contributed by atoms with Gasteiger partial charge in [-0.1, -0.05) is 43.0 Å². The van der Waals surface area contributed by atoms with Gasteiger partial charge in [0.2, 0.25) is 10.0 Å². The summed E-state index contributed by atoms with van der Waals surface area (Å²) >= 11 is 5.92. The molecular weight excluding hydrogens is 408 g/mol. The van der Waals surface area contributed by atoms with Gasteiger partial charge in [0.1, 0.15) is 0 Å². The van der Waals surface area contributed by atoms with Crippen LogP contribution in [0.15, 0.2) is 48.5 Å². The van der Waals surface area contributed by atoms with Crippen molar-refractivity contribution in [1.29, 1.82) is 0 Å². The van der Waals surface area contributed by atoms with E-state index < -0.39 is 10.0 Å². The van der Waals surface area contributed by atoms with E-state index in [0.717, 1.165) is 31.2 Å². The molecule has 0 heterocycles. The van der Waals surface area contributed by atoms with Crippen molar-refractivity contribution >= 4 is 33.2 Å². The Balaban J connectivity index is 1.78. The van der Waals surface area contributed by atoms with Gasteiger partial charge < -0.3 is 4.90 Å². The molecule has 0 spiro atoms. The van der Waals surface area contributed by atoms with Crippen molar-refractivity contribution < 1.29 is 13.2 Å². The van der Waals surface area contributed by atoms with E-state index in [1.807, 2.05) is 11.9 Å². The molecular formula is C22H27ClN2O3S. The Labute approximate surface area is 178 Å². The van der Waals surface area contributed by atoms with Crippen LogP contribution in [-0.2, 0) is 16.6 Å². The van der Waals surface area contributed by atoms with E-state index in [1.54, 1.807) is 48.5 Å². The summed E-state index contributed by atoms with van der Waals surface area (Å²) in [5.41, 5.74) is 1.93. The molecule has 0 atom stereocenters. The first-order valence-corrected chi connectivity index (χ1v) is 12.1. The minimum absolute atomic E-state index is 0.0212. The quantitative estimate of drug-likeness (QED) is 0.661. The molecule has 156 valence electrons. The molecule has 0 radical (unpaired) electrons. The average molecular weight is 435 g/mol. The molecule has 0 aliphatic heterocycles. The van der Waals surface area contributed by atoms with Crippen LogP contribution < -0.4 is 4.31 Å². The lowest BCUT2D eigenvalue weighted by atomic mass is 9.94. The van der Waals surface area contributed by atoms with Crippen LogP contribution in [0.25, 0.3) is 0 Å². The zero-order valence-corrected chi connectivity index (χ0v) is 18.4. The van der Waals surface area contributed by atoms with Gasteiger partial charge >= 0.3 is 0 Å². The lowest BCUT2D eigenvalue weighted by molar-refractivity contribution is 0.0696. The molecule has 1 fully saturated rings. The van der Waals surface area contributed by atoms with Gasteiger partial charge in [0, 0.05) is 23.7 Å². The maximum atomic E-state index is 12.8. The van der Waals surface area contributed by atoms with Gasteiger partial charge in [0.05, 0.1) is 18.5 Å². The molecule has 0 N–H and O–H groups in total. The number of carbonyl (C=O) groups excluding carboxylic acids is 1. The van der Waals surface area contributed by atoms with Crippen LogP contribution in [0.3, 0.4) is 0 Å². The van der Waals surface area contributed by atoms with Crippen molar-refractivity contribution in [3.63, 3.8) is 0 Å². The second kappa shape index (κ2) is 9.18. The summed E-state index contributed by atoms with van der Waals surface area (Å²) in [6.45, 7) is 0.200. The SMILES string of the molecule is CN(C(=O)c1ccc(N(Cc2ccc(Cl)cc2)S(C)(=O)=O)cc1)C1CCCCC1. The Hall–Kier alpha value is -2.05. The lowest BCUT2D eigenvalue weighted by Gasteiger charge is -2.31. The summed E-state index contributed by atoms with van der Waals surface area (Å²) in [5.74, 6) is -0.0212. The maximum absolute atomic E-state index is 12.8. The van der Waals surface area contributed by atoms with Gasteiger partial charge in [-0.3, -0.25) is 9.10 Å². The third kappa shape index (κ3) is 5.52. The van der Waals surface area contributed by atoms with E-state index in [1.165, 1.54) is 17.0 Å². The highest BCUT2D eigenvalue weighted by molar-refractivity contribution is 7.92.